The predicted octanol–water partition coefficient (Wildman–Crippen LogP) is 6.25. The van der Waals surface area contributed by atoms with Gasteiger partial charge in [-0.3, -0.25) is 4.79 Å². The summed E-state index contributed by atoms with van der Waals surface area (Å²) in [5.41, 5.74) is 1.68. The Morgan fingerprint density at radius 3 is 2.58 bits per heavy atom. The van der Waals surface area contributed by atoms with E-state index in [4.69, 9.17) is 9.40 Å². The Labute approximate surface area is 233 Å². The summed E-state index contributed by atoms with van der Waals surface area (Å²) in [6, 6.07) is 9.82. The molecule has 1 N–H and O–H groups in total. The molecule has 1 aromatic carbocycles. The van der Waals surface area contributed by atoms with E-state index in [9.17, 15) is 4.79 Å². The normalized spacial score (nSPS) is 25.3. The van der Waals surface area contributed by atoms with Gasteiger partial charge in [0, 0.05) is 18.6 Å². The van der Waals surface area contributed by atoms with Crippen LogP contribution in [0.3, 0.4) is 0 Å². The average molecular weight is 542 g/mol. The van der Waals surface area contributed by atoms with E-state index in [1.807, 2.05) is 30.7 Å². The second-order valence-corrected chi connectivity index (χ2v) is 12.9. The van der Waals surface area contributed by atoms with Crippen LogP contribution < -0.4 is 10.7 Å². The lowest BCUT2D eigenvalue weighted by Crippen LogP contribution is -2.49. The molecule has 3 aliphatic rings. The van der Waals surface area contributed by atoms with Crippen molar-refractivity contribution in [3.05, 3.63) is 75.9 Å². The van der Waals surface area contributed by atoms with E-state index in [1.54, 1.807) is 12.4 Å². The molecule has 1 atom stereocenters. The van der Waals surface area contributed by atoms with E-state index < -0.39 is 5.67 Å². The average Bonchev–Trinajstić information content (AvgIpc) is 3.51. The summed E-state index contributed by atoms with van der Waals surface area (Å²) in [7, 11) is 1.98. The number of nitrogens with one attached hydrogen (secondary N) is 1. The SMILES string of the molecule is CC1CC(c2cccc(-c3coc4c(C5(F)CC5)nc(C(C)NC5(C)CCC5)cc4c3=O)c2)(c2nncn2C)C1. The molecule has 0 amide bonds. The van der Waals surface area contributed by atoms with Crippen LogP contribution in [0.4, 0.5) is 4.39 Å². The van der Waals surface area contributed by atoms with Crippen LogP contribution in [0.5, 0.6) is 0 Å². The summed E-state index contributed by atoms with van der Waals surface area (Å²) >= 11 is 0. The van der Waals surface area contributed by atoms with Crippen LogP contribution in [-0.4, -0.2) is 25.3 Å². The number of nitrogens with zero attached hydrogens (tertiary/aromatic N) is 4. The maximum atomic E-state index is 15.5. The van der Waals surface area contributed by atoms with Crippen LogP contribution in [0.25, 0.3) is 22.1 Å². The zero-order valence-electron chi connectivity index (χ0n) is 23.6. The Morgan fingerprint density at radius 2 is 1.95 bits per heavy atom. The third-order valence-corrected chi connectivity index (χ3v) is 9.62. The maximum Gasteiger partial charge on any atom is 0.200 e. The first-order valence-corrected chi connectivity index (χ1v) is 14.5. The van der Waals surface area contributed by atoms with Gasteiger partial charge in [-0.2, -0.15) is 0 Å². The number of aryl methyl sites for hydroxylation is 1. The number of rotatable bonds is 7. The monoisotopic (exact) mass is 541 g/mol. The van der Waals surface area contributed by atoms with Crippen LogP contribution in [-0.2, 0) is 18.1 Å². The van der Waals surface area contributed by atoms with Crippen LogP contribution in [0.2, 0.25) is 0 Å². The molecule has 7 nitrogen and oxygen atoms in total. The number of aromatic nitrogens is 4. The predicted molar refractivity (Wildman–Crippen MR) is 152 cm³/mol. The summed E-state index contributed by atoms with van der Waals surface area (Å²) in [6.45, 7) is 6.50. The lowest BCUT2D eigenvalue weighted by atomic mass is 9.58. The van der Waals surface area contributed by atoms with Crippen LogP contribution >= 0.6 is 0 Å². The molecule has 3 aromatic heterocycles. The fourth-order valence-corrected chi connectivity index (χ4v) is 7.05. The van der Waals surface area contributed by atoms with Gasteiger partial charge < -0.3 is 14.3 Å². The molecule has 0 radical (unpaired) electrons. The molecule has 4 aromatic rings. The standard InChI is InChI=1S/C32H36FN5O2/c1-19-15-31(16-19,29-37-34-18-38(29)4)22-8-5-7-21(13-22)24-17-40-27-23(26(24)39)14-25(35-28(27)32(33)11-12-32)20(2)36-30(3)9-6-10-30/h5,7-8,13-14,17-20,36H,6,9-12,15-16H2,1-4H3. The number of hydrogen-bond donors (Lipinski definition) is 1. The molecule has 208 valence electrons. The first-order valence-electron chi connectivity index (χ1n) is 14.5. The highest BCUT2D eigenvalue weighted by Crippen LogP contribution is 2.52. The minimum absolute atomic E-state index is 0.0495. The van der Waals surface area contributed by atoms with Crippen molar-refractivity contribution in [2.75, 3.05) is 0 Å². The first-order chi connectivity index (χ1) is 19.1. The van der Waals surface area contributed by atoms with Crippen molar-refractivity contribution in [3.8, 4) is 11.1 Å². The van der Waals surface area contributed by atoms with E-state index in [0.29, 0.717) is 35.4 Å². The molecule has 40 heavy (non-hydrogen) atoms. The van der Waals surface area contributed by atoms with Crippen molar-refractivity contribution in [3.63, 3.8) is 0 Å². The van der Waals surface area contributed by atoms with E-state index in [2.05, 4.69) is 41.5 Å². The molecule has 0 aliphatic heterocycles. The molecule has 0 saturated heterocycles. The highest BCUT2D eigenvalue weighted by molar-refractivity contribution is 5.84. The van der Waals surface area contributed by atoms with Crippen LogP contribution in [0.1, 0.15) is 94.5 Å². The largest absolute Gasteiger partial charge is 0.461 e. The quantitative estimate of drug-likeness (QED) is 0.298. The Hall–Kier alpha value is -3.39. The molecule has 8 heteroatoms. The summed E-state index contributed by atoms with van der Waals surface area (Å²) in [4.78, 5) is 18.8. The second-order valence-electron chi connectivity index (χ2n) is 12.9. The molecule has 3 heterocycles. The van der Waals surface area contributed by atoms with Crippen molar-refractivity contribution in [1.29, 1.82) is 0 Å². The van der Waals surface area contributed by atoms with Gasteiger partial charge in [0.2, 0.25) is 5.43 Å². The van der Waals surface area contributed by atoms with Crippen molar-refractivity contribution >= 4 is 11.0 Å². The van der Waals surface area contributed by atoms with E-state index >= 15 is 4.39 Å². The van der Waals surface area contributed by atoms with Gasteiger partial charge in [-0.1, -0.05) is 25.1 Å². The molecular weight excluding hydrogens is 505 g/mol. The summed E-state index contributed by atoms with van der Waals surface area (Å²) in [6.07, 6.45) is 9.35. The van der Waals surface area contributed by atoms with E-state index in [0.717, 1.165) is 42.6 Å². The molecular formula is C32H36FN5O2. The van der Waals surface area contributed by atoms with Crippen molar-refractivity contribution in [2.24, 2.45) is 13.0 Å². The molecule has 3 fully saturated rings. The van der Waals surface area contributed by atoms with Crippen LogP contribution in [0, 0.1) is 5.92 Å². The van der Waals surface area contributed by atoms with Gasteiger partial charge in [0.05, 0.1) is 22.1 Å². The first kappa shape index (κ1) is 25.6. The highest BCUT2D eigenvalue weighted by atomic mass is 19.1. The number of hydrogen-bond acceptors (Lipinski definition) is 6. The van der Waals surface area contributed by atoms with Gasteiger partial charge in [-0.15, -0.1) is 10.2 Å². The van der Waals surface area contributed by atoms with Gasteiger partial charge >= 0.3 is 0 Å². The van der Waals surface area contributed by atoms with Gasteiger partial charge in [0.1, 0.15) is 24.1 Å². The molecule has 1 unspecified atom stereocenters. The Morgan fingerprint density at radius 1 is 1.18 bits per heavy atom. The third kappa shape index (κ3) is 3.94. The van der Waals surface area contributed by atoms with Gasteiger partial charge in [0.15, 0.2) is 11.3 Å². The molecule has 0 spiro atoms. The molecule has 0 bridgehead atoms. The molecule has 3 aliphatic carbocycles. The van der Waals surface area contributed by atoms with Gasteiger partial charge in [-0.25, -0.2) is 9.37 Å². The second kappa shape index (κ2) is 8.80. The maximum absolute atomic E-state index is 15.5. The zero-order chi connectivity index (χ0) is 27.9. The Balaban J connectivity index is 1.33. The zero-order valence-corrected chi connectivity index (χ0v) is 23.6. The number of fused-ring (bicyclic) bond motifs is 1. The minimum Gasteiger partial charge on any atom is -0.461 e. The smallest absolute Gasteiger partial charge is 0.200 e. The summed E-state index contributed by atoms with van der Waals surface area (Å²) in [5, 5.41) is 12.7. The molecule has 3 saturated carbocycles. The third-order valence-electron chi connectivity index (χ3n) is 9.62. The van der Waals surface area contributed by atoms with E-state index in [-0.39, 0.29) is 33.7 Å². The van der Waals surface area contributed by atoms with E-state index in [1.165, 1.54) is 12.7 Å². The Kier molecular flexibility index (Phi) is 5.63. The number of pyridine rings is 1. The summed E-state index contributed by atoms with van der Waals surface area (Å²) in [5.74, 6) is 1.51. The fraction of sp³-hybridized carbons (Fsp3) is 0.500. The fourth-order valence-electron chi connectivity index (χ4n) is 7.05. The minimum atomic E-state index is -1.53. The molecule has 7 rings (SSSR count). The van der Waals surface area contributed by atoms with Crippen molar-refractivity contribution in [1.82, 2.24) is 25.1 Å². The number of alkyl halides is 1. The van der Waals surface area contributed by atoms with Crippen molar-refractivity contribution < 1.29 is 8.81 Å². The topological polar surface area (TPSA) is 85.8 Å². The van der Waals surface area contributed by atoms with Gasteiger partial charge in [0.25, 0.3) is 0 Å². The summed E-state index contributed by atoms with van der Waals surface area (Å²) < 4.78 is 23.6. The van der Waals surface area contributed by atoms with Crippen LogP contribution in [0.15, 0.2) is 52.1 Å². The number of benzene rings is 1. The Bertz CT molecular complexity index is 1680. The van der Waals surface area contributed by atoms with Crippen molar-refractivity contribution in [2.45, 2.75) is 88.4 Å². The number of halogens is 1. The highest BCUT2D eigenvalue weighted by Gasteiger charge is 2.50. The lowest BCUT2D eigenvalue weighted by molar-refractivity contribution is 0.185. The van der Waals surface area contributed by atoms with Gasteiger partial charge in [-0.05, 0) is 88.0 Å². The lowest BCUT2D eigenvalue weighted by Gasteiger charge is -2.46.